The summed E-state index contributed by atoms with van der Waals surface area (Å²) in [5.74, 6) is 0.786. The highest BCUT2D eigenvalue weighted by molar-refractivity contribution is 6.04. The number of benzene rings is 2. The molecule has 5 nitrogen and oxygen atoms in total. The molecule has 32 heavy (non-hydrogen) atoms. The van der Waals surface area contributed by atoms with Gasteiger partial charge < -0.3 is 14.2 Å². The second kappa shape index (κ2) is 10.2. The van der Waals surface area contributed by atoms with Crippen LogP contribution in [0.1, 0.15) is 47.2 Å². The summed E-state index contributed by atoms with van der Waals surface area (Å²) in [4.78, 5) is 4.58. The van der Waals surface area contributed by atoms with Crippen molar-refractivity contribution in [2.45, 2.75) is 32.2 Å². The van der Waals surface area contributed by atoms with E-state index in [-0.39, 0.29) is 0 Å². The molecular formula is C26H31BN4O. The summed E-state index contributed by atoms with van der Waals surface area (Å²) in [5.41, 5.74) is 6.02. The fourth-order valence-corrected chi connectivity index (χ4v) is 4.49. The molecule has 0 radical (unpaired) electrons. The third-order valence-electron chi connectivity index (χ3n) is 6.45. The van der Waals surface area contributed by atoms with E-state index in [4.69, 9.17) is 9.78 Å². The van der Waals surface area contributed by atoms with Crippen LogP contribution in [0.4, 0.5) is 0 Å². The van der Waals surface area contributed by atoms with Crippen LogP contribution in [0.3, 0.4) is 0 Å². The topological polar surface area (TPSA) is 56.3 Å². The number of aryl methyl sites for hydroxylation is 1. The quantitative estimate of drug-likeness (QED) is 0.420. The lowest BCUT2D eigenvalue weighted by molar-refractivity contribution is 0.270. The number of nitriles is 1. The summed E-state index contributed by atoms with van der Waals surface area (Å²) in [7, 11) is 6.36. The minimum absolute atomic E-state index is 0.673. The first-order chi connectivity index (χ1) is 15.5. The second-order valence-electron chi connectivity index (χ2n) is 9.23. The normalized spacial score (nSPS) is 15.7. The third kappa shape index (κ3) is 5.30. The van der Waals surface area contributed by atoms with Crippen LogP contribution in [0.25, 0.3) is 23.1 Å². The smallest absolute Gasteiger partial charge is 0.185 e. The fraction of sp³-hybridized carbons (Fsp3) is 0.385. The van der Waals surface area contributed by atoms with Gasteiger partial charge in [0.25, 0.3) is 0 Å². The molecule has 2 heterocycles. The van der Waals surface area contributed by atoms with E-state index in [9.17, 15) is 0 Å². The van der Waals surface area contributed by atoms with Gasteiger partial charge in [0.15, 0.2) is 13.6 Å². The van der Waals surface area contributed by atoms with Gasteiger partial charge in [-0.05, 0) is 88.1 Å². The predicted octanol–water partition coefficient (Wildman–Crippen LogP) is 4.12. The number of hydrogen-bond acceptors (Lipinski definition) is 5. The largest absolute Gasteiger partial charge is 0.356 e. The maximum Gasteiger partial charge on any atom is 0.185 e. The third-order valence-corrected chi connectivity index (χ3v) is 6.45. The van der Waals surface area contributed by atoms with Crippen LogP contribution < -0.4 is 0 Å². The van der Waals surface area contributed by atoms with Crippen molar-refractivity contribution < 1.29 is 4.52 Å². The Labute approximate surface area is 191 Å². The van der Waals surface area contributed by atoms with Gasteiger partial charge in [0.05, 0.1) is 17.3 Å². The van der Waals surface area contributed by atoms with Crippen LogP contribution in [-0.4, -0.2) is 50.0 Å². The molecule has 4 rings (SSSR count). The van der Waals surface area contributed by atoms with Crippen molar-refractivity contribution in [1.82, 2.24) is 14.9 Å². The highest BCUT2D eigenvalue weighted by Gasteiger charge is 2.19. The molecule has 164 valence electrons. The van der Waals surface area contributed by atoms with Gasteiger partial charge in [-0.1, -0.05) is 35.5 Å². The van der Waals surface area contributed by atoms with E-state index in [1.165, 1.54) is 32.4 Å². The minimum Gasteiger partial charge on any atom is -0.356 e. The molecule has 0 aliphatic carbocycles. The molecule has 6 heteroatoms. The van der Waals surface area contributed by atoms with Gasteiger partial charge in [0, 0.05) is 17.5 Å². The van der Waals surface area contributed by atoms with E-state index in [2.05, 4.69) is 67.3 Å². The van der Waals surface area contributed by atoms with Gasteiger partial charge in [0.1, 0.15) is 0 Å². The van der Waals surface area contributed by atoms with Gasteiger partial charge in [-0.25, -0.2) is 0 Å². The maximum atomic E-state index is 8.99. The Morgan fingerprint density at radius 1 is 1.16 bits per heavy atom. The van der Waals surface area contributed by atoms with Crippen molar-refractivity contribution in [3.8, 4) is 6.07 Å². The van der Waals surface area contributed by atoms with Gasteiger partial charge in [-0.15, -0.1) is 0 Å². The Bertz CT molecular complexity index is 1120. The molecule has 0 amide bonds. The zero-order valence-corrected chi connectivity index (χ0v) is 19.3. The summed E-state index contributed by atoms with van der Waals surface area (Å²) in [6, 6.07) is 14.1. The monoisotopic (exact) mass is 426 g/mol. The van der Waals surface area contributed by atoms with Crippen LogP contribution >= 0.6 is 0 Å². The summed E-state index contributed by atoms with van der Waals surface area (Å²) >= 11 is 0. The van der Waals surface area contributed by atoms with E-state index in [1.807, 2.05) is 24.3 Å². The molecule has 1 fully saturated rings. The summed E-state index contributed by atoms with van der Waals surface area (Å²) in [6.07, 6.45) is 8.92. The zero-order chi connectivity index (χ0) is 22.5. The first-order valence-electron chi connectivity index (χ1n) is 11.4. The number of piperidine rings is 1. The average molecular weight is 426 g/mol. The fourth-order valence-electron chi connectivity index (χ4n) is 4.49. The molecule has 0 spiro atoms. The molecule has 3 aromatic rings. The van der Waals surface area contributed by atoms with Crippen molar-refractivity contribution in [2.24, 2.45) is 5.92 Å². The van der Waals surface area contributed by atoms with Gasteiger partial charge >= 0.3 is 0 Å². The Kier molecular flexibility index (Phi) is 7.09. The van der Waals surface area contributed by atoms with Gasteiger partial charge in [0.2, 0.25) is 0 Å². The van der Waals surface area contributed by atoms with Crippen LogP contribution in [0.5, 0.6) is 0 Å². The van der Waals surface area contributed by atoms with Crippen molar-refractivity contribution in [2.75, 3.05) is 27.2 Å². The van der Waals surface area contributed by atoms with E-state index in [0.29, 0.717) is 5.56 Å². The second-order valence-corrected chi connectivity index (χ2v) is 9.23. The van der Waals surface area contributed by atoms with Crippen molar-refractivity contribution in [3.05, 3.63) is 64.3 Å². The highest BCUT2D eigenvalue weighted by Crippen LogP contribution is 2.30. The lowest BCUT2D eigenvalue weighted by Crippen LogP contribution is -2.31. The van der Waals surface area contributed by atoms with E-state index < -0.39 is 0 Å². The number of aromatic nitrogens is 1. The first-order valence-corrected chi connectivity index (χ1v) is 11.4. The van der Waals surface area contributed by atoms with Crippen LogP contribution in [0.15, 0.2) is 40.9 Å². The number of nitrogens with zero attached hydrogens (tertiary/aromatic N) is 4. The van der Waals surface area contributed by atoms with Crippen molar-refractivity contribution in [1.29, 1.82) is 5.26 Å². The van der Waals surface area contributed by atoms with Crippen LogP contribution in [-0.2, 0) is 13.0 Å². The molecule has 1 saturated heterocycles. The Hall–Kier alpha value is -2.88. The predicted molar refractivity (Wildman–Crippen MR) is 133 cm³/mol. The average Bonchev–Trinajstić information content (AvgIpc) is 3.21. The highest BCUT2D eigenvalue weighted by atomic mass is 16.5. The van der Waals surface area contributed by atoms with Gasteiger partial charge in [-0.2, -0.15) is 5.26 Å². The number of fused-ring (bicyclic) bond motifs is 1. The minimum atomic E-state index is 0.673. The number of hydrogen-bond donors (Lipinski definition) is 0. The van der Waals surface area contributed by atoms with Crippen LogP contribution in [0.2, 0.25) is 0 Å². The van der Waals surface area contributed by atoms with Crippen LogP contribution in [0, 0.1) is 17.2 Å². The lowest BCUT2D eigenvalue weighted by Gasteiger charge is -2.29. The molecule has 0 saturated carbocycles. The Balaban J connectivity index is 1.57. The molecule has 0 unspecified atom stereocenters. The first kappa shape index (κ1) is 22.3. The standard InChI is InChI=1S/C26H31BN4O/c1-30(2)18-24-22(9-7-19-3-5-21(17-28)6-4-19)10-11-23-25(29-32-26(23)24)12-8-20-13-15-31(27)16-14-20/h3-7,9-11,20H,8,12-16,18,27H2,1-2H3/b9-7+. The lowest BCUT2D eigenvalue weighted by atomic mass is 9.90. The SMILES string of the molecule is BN1CCC(CCc2noc3c(CN(C)C)c(/C=C/c4ccc(C#N)cc4)ccc23)CC1. The van der Waals surface area contributed by atoms with E-state index in [0.717, 1.165) is 52.2 Å². The molecule has 0 bridgehead atoms. The zero-order valence-electron chi connectivity index (χ0n) is 19.3. The molecule has 1 aromatic heterocycles. The van der Waals surface area contributed by atoms with Gasteiger partial charge in [-0.3, -0.25) is 0 Å². The summed E-state index contributed by atoms with van der Waals surface area (Å²) in [6.45, 7) is 3.19. The van der Waals surface area contributed by atoms with Crippen molar-refractivity contribution in [3.63, 3.8) is 0 Å². The number of rotatable bonds is 7. The molecule has 1 aliphatic rings. The summed E-state index contributed by atoms with van der Waals surface area (Å²) in [5, 5.41) is 14.6. The maximum absolute atomic E-state index is 8.99. The summed E-state index contributed by atoms with van der Waals surface area (Å²) < 4.78 is 5.91. The Morgan fingerprint density at radius 3 is 2.59 bits per heavy atom. The van der Waals surface area contributed by atoms with E-state index in [1.54, 1.807) is 0 Å². The van der Waals surface area contributed by atoms with Crippen molar-refractivity contribution >= 4 is 31.1 Å². The Morgan fingerprint density at radius 2 is 1.91 bits per heavy atom. The molecule has 1 aliphatic heterocycles. The van der Waals surface area contributed by atoms with E-state index >= 15 is 0 Å². The molecule has 0 atom stereocenters. The molecule has 2 aromatic carbocycles. The molecular weight excluding hydrogens is 395 g/mol. The molecule has 0 N–H and O–H groups in total.